The zero-order chi connectivity index (χ0) is 11.5. The van der Waals surface area contributed by atoms with Crippen molar-refractivity contribution in [2.75, 3.05) is 6.16 Å². The number of rotatable bonds is 2. The van der Waals surface area contributed by atoms with Gasteiger partial charge in [-0.25, -0.2) is 0 Å². The van der Waals surface area contributed by atoms with Crippen molar-refractivity contribution in [2.24, 2.45) is 0 Å². The molecule has 0 spiro atoms. The van der Waals surface area contributed by atoms with Gasteiger partial charge >= 0.3 is 0 Å². The fraction of sp³-hybridized carbons (Fsp3) is 0.250. The van der Waals surface area contributed by atoms with Crippen molar-refractivity contribution in [2.45, 2.75) is 18.5 Å². The summed E-state index contributed by atoms with van der Waals surface area (Å²) >= 11 is 0. The number of hydrogen-bond acceptors (Lipinski definition) is 0. The molecule has 2 aromatic carbocycles. The Hall–Kier alpha value is -1.13. The van der Waals surface area contributed by atoms with Crippen molar-refractivity contribution in [1.82, 2.24) is 0 Å². The van der Waals surface area contributed by atoms with Gasteiger partial charge in [0.25, 0.3) is 0 Å². The Morgan fingerprint density at radius 1 is 0.824 bits per heavy atom. The first kappa shape index (κ1) is 11.0. The van der Waals surface area contributed by atoms with Crippen LogP contribution in [0, 0.1) is 0 Å². The SMILES string of the molecule is c1ccc([C@@H]2CCC[P@]2c2ccccc2)cc1. The largest absolute Gasteiger partial charge is 0.0677 e. The highest BCUT2D eigenvalue weighted by molar-refractivity contribution is 7.66. The zero-order valence-corrected chi connectivity index (χ0v) is 10.8. The molecule has 1 saturated heterocycles. The van der Waals surface area contributed by atoms with E-state index in [0.717, 1.165) is 5.66 Å². The van der Waals surface area contributed by atoms with Crippen LogP contribution < -0.4 is 5.30 Å². The lowest BCUT2D eigenvalue weighted by atomic mass is 10.1. The Labute approximate surface area is 104 Å². The topological polar surface area (TPSA) is 0 Å². The van der Waals surface area contributed by atoms with Gasteiger partial charge in [-0.1, -0.05) is 68.6 Å². The Balaban J connectivity index is 1.91. The van der Waals surface area contributed by atoms with Gasteiger partial charge in [0.15, 0.2) is 0 Å². The highest BCUT2D eigenvalue weighted by Gasteiger charge is 2.28. The quantitative estimate of drug-likeness (QED) is 0.685. The first-order chi connectivity index (χ1) is 8.45. The average molecular weight is 240 g/mol. The molecule has 0 amide bonds. The van der Waals surface area contributed by atoms with Crippen molar-refractivity contribution >= 4 is 13.2 Å². The lowest BCUT2D eigenvalue weighted by molar-refractivity contribution is 0.827. The second kappa shape index (κ2) is 5.02. The van der Waals surface area contributed by atoms with Crippen molar-refractivity contribution in [3.63, 3.8) is 0 Å². The standard InChI is InChI=1S/C16H17P/c1-3-8-14(9-4-1)16-12-7-13-17(16)15-10-5-2-6-11-15/h1-6,8-11,16H,7,12-13H2/t16-,17+/m0/s1. The Bertz CT molecular complexity index is 418. The molecule has 0 aliphatic carbocycles. The van der Waals surface area contributed by atoms with Gasteiger partial charge in [-0.05, 0) is 29.9 Å². The van der Waals surface area contributed by atoms with Gasteiger partial charge in [-0.15, -0.1) is 0 Å². The summed E-state index contributed by atoms with van der Waals surface area (Å²) in [4.78, 5) is 0. The molecule has 17 heavy (non-hydrogen) atoms. The number of hydrogen-bond donors (Lipinski definition) is 0. The van der Waals surface area contributed by atoms with E-state index in [2.05, 4.69) is 60.7 Å². The lowest BCUT2D eigenvalue weighted by Crippen LogP contribution is -2.04. The minimum absolute atomic E-state index is 0.0201. The molecule has 0 nitrogen and oxygen atoms in total. The van der Waals surface area contributed by atoms with E-state index < -0.39 is 0 Å². The van der Waals surface area contributed by atoms with Crippen LogP contribution in [-0.4, -0.2) is 6.16 Å². The third kappa shape index (κ3) is 2.28. The second-order valence-electron chi connectivity index (χ2n) is 4.60. The molecule has 1 heteroatoms. The van der Waals surface area contributed by atoms with Gasteiger partial charge in [-0.2, -0.15) is 0 Å². The maximum atomic E-state index is 2.31. The van der Waals surface area contributed by atoms with Gasteiger partial charge in [0.2, 0.25) is 0 Å². The van der Waals surface area contributed by atoms with Crippen LogP contribution in [0.25, 0.3) is 0 Å². The summed E-state index contributed by atoms with van der Waals surface area (Å²) in [5, 5.41) is 1.58. The molecule has 1 aliphatic rings. The Morgan fingerprint density at radius 3 is 2.18 bits per heavy atom. The molecule has 0 bridgehead atoms. The first-order valence-corrected chi connectivity index (χ1v) is 7.91. The van der Waals surface area contributed by atoms with Gasteiger partial charge in [-0.3, -0.25) is 0 Å². The molecular weight excluding hydrogens is 223 g/mol. The van der Waals surface area contributed by atoms with Crippen molar-refractivity contribution < 1.29 is 0 Å². The van der Waals surface area contributed by atoms with Crippen LogP contribution in [0.5, 0.6) is 0 Å². The second-order valence-corrected chi connectivity index (χ2v) is 7.12. The summed E-state index contributed by atoms with van der Waals surface area (Å²) in [6.07, 6.45) is 4.16. The van der Waals surface area contributed by atoms with E-state index in [-0.39, 0.29) is 7.92 Å². The van der Waals surface area contributed by atoms with Crippen LogP contribution >= 0.6 is 7.92 Å². The van der Waals surface area contributed by atoms with E-state index >= 15 is 0 Å². The summed E-state index contributed by atoms with van der Waals surface area (Å²) in [5.41, 5.74) is 2.33. The smallest absolute Gasteiger partial charge is 0.00820 e. The zero-order valence-electron chi connectivity index (χ0n) is 9.92. The highest BCUT2D eigenvalue weighted by Crippen LogP contribution is 2.58. The van der Waals surface area contributed by atoms with Crippen molar-refractivity contribution in [3.05, 3.63) is 66.2 Å². The van der Waals surface area contributed by atoms with E-state index in [1.807, 2.05) is 0 Å². The molecule has 86 valence electrons. The van der Waals surface area contributed by atoms with Crippen molar-refractivity contribution in [3.8, 4) is 0 Å². The van der Waals surface area contributed by atoms with Crippen molar-refractivity contribution in [1.29, 1.82) is 0 Å². The molecule has 1 aliphatic heterocycles. The van der Waals surface area contributed by atoms with E-state index in [4.69, 9.17) is 0 Å². The summed E-state index contributed by atoms with van der Waals surface area (Å²) < 4.78 is 0. The van der Waals surface area contributed by atoms with Gasteiger partial charge < -0.3 is 0 Å². The molecular formula is C16H17P. The van der Waals surface area contributed by atoms with Crippen LogP contribution in [0.4, 0.5) is 0 Å². The lowest BCUT2D eigenvalue weighted by Gasteiger charge is -2.21. The van der Waals surface area contributed by atoms with Crippen LogP contribution in [0.15, 0.2) is 60.7 Å². The Morgan fingerprint density at radius 2 is 1.47 bits per heavy atom. The fourth-order valence-corrected chi connectivity index (χ4v) is 5.75. The minimum atomic E-state index is 0.0201. The first-order valence-electron chi connectivity index (χ1n) is 6.32. The van der Waals surface area contributed by atoms with E-state index in [1.54, 1.807) is 10.9 Å². The molecule has 1 fully saturated rings. The maximum absolute atomic E-state index is 2.31. The van der Waals surface area contributed by atoms with Crippen LogP contribution in [0.2, 0.25) is 0 Å². The van der Waals surface area contributed by atoms with Crippen LogP contribution in [-0.2, 0) is 0 Å². The predicted octanol–water partition coefficient (Wildman–Crippen LogP) is 4.33. The highest BCUT2D eigenvalue weighted by atomic mass is 31.1. The molecule has 2 aromatic rings. The molecule has 0 N–H and O–H groups in total. The molecule has 2 atom stereocenters. The van der Waals surface area contributed by atoms with E-state index in [9.17, 15) is 0 Å². The van der Waals surface area contributed by atoms with Crippen LogP contribution in [0.1, 0.15) is 24.1 Å². The van der Waals surface area contributed by atoms with E-state index in [1.165, 1.54) is 19.0 Å². The summed E-state index contributed by atoms with van der Waals surface area (Å²) in [5.74, 6) is 0. The molecule has 0 radical (unpaired) electrons. The molecule has 3 rings (SSSR count). The molecule has 0 unspecified atom stereocenters. The summed E-state index contributed by atoms with van der Waals surface area (Å²) in [6, 6.07) is 22.2. The minimum Gasteiger partial charge on any atom is -0.0677 e. The Kier molecular flexibility index (Phi) is 3.25. The normalized spacial score (nSPS) is 23.8. The third-order valence-corrected chi connectivity index (χ3v) is 6.59. The van der Waals surface area contributed by atoms with Crippen LogP contribution in [0.3, 0.4) is 0 Å². The van der Waals surface area contributed by atoms with Gasteiger partial charge in [0.05, 0.1) is 0 Å². The fourth-order valence-electron chi connectivity index (χ4n) is 2.72. The van der Waals surface area contributed by atoms with Gasteiger partial charge in [0, 0.05) is 5.66 Å². The predicted molar refractivity (Wildman–Crippen MR) is 76.3 cm³/mol. The monoisotopic (exact) mass is 240 g/mol. The molecule has 0 aromatic heterocycles. The maximum Gasteiger partial charge on any atom is 0.00820 e. The summed E-state index contributed by atoms with van der Waals surface area (Å²) in [6.45, 7) is 0. The molecule has 0 saturated carbocycles. The van der Waals surface area contributed by atoms with Gasteiger partial charge in [0.1, 0.15) is 0 Å². The number of benzene rings is 2. The average Bonchev–Trinajstić information content (AvgIpc) is 2.90. The summed E-state index contributed by atoms with van der Waals surface area (Å²) in [7, 11) is 0.0201. The van der Waals surface area contributed by atoms with E-state index in [0.29, 0.717) is 0 Å². The third-order valence-electron chi connectivity index (χ3n) is 3.52. The molecule has 1 heterocycles.